The molecule has 0 saturated carbocycles. The van der Waals surface area contributed by atoms with Gasteiger partial charge in [0.15, 0.2) is 0 Å². The van der Waals surface area contributed by atoms with Crippen molar-refractivity contribution in [1.29, 1.82) is 0 Å². The SMILES string of the molecule is CNC1COCC1C(=O)N1CC(C)CC1C. The van der Waals surface area contributed by atoms with Gasteiger partial charge in [0.1, 0.15) is 0 Å². The van der Waals surface area contributed by atoms with Gasteiger partial charge in [0.2, 0.25) is 5.91 Å². The minimum atomic E-state index is 0.0118. The van der Waals surface area contributed by atoms with Crippen molar-refractivity contribution in [2.75, 3.05) is 26.8 Å². The van der Waals surface area contributed by atoms with Crippen molar-refractivity contribution >= 4 is 5.91 Å². The lowest BCUT2D eigenvalue weighted by molar-refractivity contribution is -0.136. The molecule has 4 nitrogen and oxygen atoms in total. The summed E-state index contributed by atoms with van der Waals surface area (Å²) in [6.07, 6.45) is 1.13. The van der Waals surface area contributed by atoms with Crippen molar-refractivity contribution in [3.05, 3.63) is 0 Å². The molecule has 0 aromatic heterocycles. The number of hydrogen-bond donors (Lipinski definition) is 1. The molecule has 0 radical (unpaired) electrons. The van der Waals surface area contributed by atoms with E-state index >= 15 is 0 Å². The number of amides is 1. The smallest absolute Gasteiger partial charge is 0.229 e. The normalized spacial score (nSPS) is 39.3. The number of carbonyl (C=O) groups excluding carboxylic acids is 1. The second-order valence-electron chi connectivity index (χ2n) is 5.22. The van der Waals surface area contributed by atoms with Gasteiger partial charge in [-0.3, -0.25) is 4.79 Å². The number of likely N-dealkylation sites (tertiary alicyclic amines) is 1. The molecule has 4 atom stereocenters. The number of likely N-dealkylation sites (N-methyl/N-ethyl adjacent to an activating group) is 1. The van der Waals surface area contributed by atoms with E-state index in [4.69, 9.17) is 4.74 Å². The molecule has 0 spiro atoms. The molecular weight excluding hydrogens is 204 g/mol. The zero-order valence-corrected chi connectivity index (χ0v) is 10.4. The summed E-state index contributed by atoms with van der Waals surface area (Å²) in [7, 11) is 1.90. The van der Waals surface area contributed by atoms with Crippen LogP contribution in [0.2, 0.25) is 0 Å². The van der Waals surface area contributed by atoms with E-state index < -0.39 is 0 Å². The van der Waals surface area contributed by atoms with Crippen LogP contribution in [-0.4, -0.2) is 49.7 Å². The van der Waals surface area contributed by atoms with Crippen molar-refractivity contribution < 1.29 is 9.53 Å². The van der Waals surface area contributed by atoms with Crippen LogP contribution in [0.5, 0.6) is 0 Å². The van der Waals surface area contributed by atoms with E-state index in [1.54, 1.807) is 0 Å². The van der Waals surface area contributed by atoms with Crippen molar-refractivity contribution in [3.8, 4) is 0 Å². The predicted octanol–water partition coefficient (Wildman–Crippen LogP) is 0.478. The van der Waals surface area contributed by atoms with Crippen LogP contribution < -0.4 is 5.32 Å². The lowest BCUT2D eigenvalue weighted by Gasteiger charge is -2.26. The predicted molar refractivity (Wildman–Crippen MR) is 62.1 cm³/mol. The van der Waals surface area contributed by atoms with Crippen molar-refractivity contribution in [2.24, 2.45) is 11.8 Å². The highest BCUT2D eigenvalue weighted by molar-refractivity contribution is 5.80. The number of ether oxygens (including phenoxy) is 1. The van der Waals surface area contributed by atoms with E-state index in [1.807, 2.05) is 11.9 Å². The summed E-state index contributed by atoms with van der Waals surface area (Å²) in [5.41, 5.74) is 0. The zero-order valence-electron chi connectivity index (χ0n) is 10.4. The highest BCUT2D eigenvalue weighted by Crippen LogP contribution is 2.26. The van der Waals surface area contributed by atoms with Gasteiger partial charge in [0, 0.05) is 18.6 Å². The third-order valence-corrected chi connectivity index (χ3v) is 3.84. The summed E-state index contributed by atoms with van der Waals surface area (Å²) < 4.78 is 5.39. The first-order chi connectivity index (χ1) is 7.63. The van der Waals surface area contributed by atoms with Crippen LogP contribution in [0.25, 0.3) is 0 Å². The van der Waals surface area contributed by atoms with Gasteiger partial charge in [-0.15, -0.1) is 0 Å². The number of hydrogen-bond acceptors (Lipinski definition) is 3. The molecule has 16 heavy (non-hydrogen) atoms. The molecule has 0 aliphatic carbocycles. The molecule has 2 aliphatic heterocycles. The van der Waals surface area contributed by atoms with Gasteiger partial charge in [-0.05, 0) is 26.3 Å². The molecule has 1 amide bonds. The molecule has 2 rings (SSSR count). The largest absolute Gasteiger partial charge is 0.379 e. The fraction of sp³-hybridized carbons (Fsp3) is 0.917. The molecule has 2 fully saturated rings. The average molecular weight is 226 g/mol. The minimum Gasteiger partial charge on any atom is -0.379 e. The molecule has 2 aliphatic rings. The third-order valence-electron chi connectivity index (χ3n) is 3.84. The summed E-state index contributed by atoms with van der Waals surface area (Å²) in [6, 6.07) is 0.580. The first-order valence-corrected chi connectivity index (χ1v) is 6.19. The van der Waals surface area contributed by atoms with E-state index in [-0.39, 0.29) is 17.9 Å². The van der Waals surface area contributed by atoms with E-state index in [0.29, 0.717) is 25.2 Å². The molecule has 0 bridgehead atoms. The number of nitrogens with one attached hydrogen (secondary N) is 1. The van der Waals surface area contributed by atoms with Crippen molar-refractivity contribution in [1.82, 2.24) is 10.2 Å². The standard InChI is InChI=1S/C12H22N2O2/c1-8-4-9(2)14(5-8)12(15)10-6-16-7-11(10)13-3/h8-11,13H,4-7H2,1-3H3. The van der Waals surface area contributed by atoms with Crippen molar-refractivity contribution in [3.63, 3.8) is 0 Å². The summed E-state index contributed by atoms with van der Waals surface area (Å²) in [6.45, 7) is 6.50. The first kappa shape index (κ1) is 11.9. The van der Waals surface area contributed by atoms with Gasteiger partial charge in [-0.2, -0.15) is 0 Å². The summed E-state index contributed by atoms with van der Waals surface area (Å²) in [5.74, 6) is 0.917. The Kier molecular flexibility index (Phi) is 3.50. The maximum Gasteiger partial charge on any atom is 0.229 e. The third kappa shape index (κ3) is 2.09. The van der Waals surface area contributed by atoms with E-state index in [1.165, 1.54) is 0 Å². The number of rotatable bonds is 2. The Balaban J connectivity index is 2.01. The summed E-state index contributed by atoms with van der Waals surface area (Å²) in [5, 5.41) is 3.17. The van der Waals surface area contributed by atoms with Gasteiger partial charge in [-0.1, -0.05) is 6.92 Å². The zero-order chi connectivity index (χ0) is 11.7. The Morgan fingerprint density at radius 3 is 2.69 bits per heavy atom. The van der Waals surface area contributed by atoms with Crippen LogP contribution in [0, 0.1) is 11.8 Å². The topological polar surface area (TPSA) is 41.6 Å². The van der Waals surface area contributed by atoms with Crippen LogP contribution in [0.1, 0.15) is 20.3 Å². The maximum absolute atomic E-state index is 12.4. The van der Waals surface area contributed by atoms with Crippen LogP contribution in [0.4, 0.5) is 0 Å². The molecular formula is C12H22N2O2. The van der Waals surface area contributed by atoms with E-state index in [0.717, 1.165) is 13.0 Å². The number of nitrogens with zero attached hydrogens (tertiary/aromatic N) is 1. The Morgan fingerprint density at radius 1 is 1.38 bits per heavy atom. The molecule has 4 unspecified atom stereocenters. The Hall–Kier alpha value is -0.610. The Bertz CT molecular complexity index is 266. The molecule has 4 heteroatoms. The first-order valence-electron chi connectivity index (χ1n) is 6.19. The molecule has 0 aromatic rings. The Labute approximate surface area is 97.3 Å². The van der Waals surface area contributed by atoms with Crippen LogP contribution in [0.3, 0.4) is 0 Å². The molecule has 92 valence electrons. The van der Waals surface area contributed by atoms with Gasteiger partial charge in [-0.25, -0.2) is 0 Å². The lowest BCUT2D eigenvalue weighted by Crippen LogP contribution is -2.46. The van der Waals surface area contributed by atoms with Gasteiger partial charge in [0.25, 0.3) is 0 Å². The highest BCUT2D eigenvalue weighted by Gasteiger charge is 2.39. The quantitative estimate of drug-likeness (QED) is 0.744. The molecule has 0 aromatic carbocycles. The fourth-order valence-electron chi connectivity index (χ4n) is 2.90. The van der Waals surface area contributed by atoms with Gasteiger partial charge in [0.05, 0.1) is 19.1 Å². The number of carbonyl (C=O) groups is 1. The van der Waals surface area contributed by atoms with Crippen molar-refractivity contribution in [2.45, 2.75) is 32.4 Å². The summed E-state index contributed by atoms with van der Waals surface area (Å²) in [4.78, 5) is 14.4. The molecule has 2 saturated heterocycles. The fourth-order valence-corrected chi connectivity index (χ4v) is 2.90. The van der Waals surface area contributed by atoms with Crippen LogP contribution in [0.15, 0.2) is 0 Å². The van der Waals surface area contributed by atoms with E-state index in [2.05, 4.69) is 19.2 Å². The van der Waals surface area contributed by atoms with Crippen LogP contribution in [-0.2, 0) is 9.53 Å². The van der Waals surface area contributed by atoms with E-state index in [9.17, 15) is 4.79 Å². The monoisotopic (exact) mass is 226 g/mol. The van der Waals surface area contributed by atoms with Crippen LogP contribution >= 0.6 is 0 Å². The second-order valence-corrected chi connectivity index (χ2v) is 5.22. The minimum absolute atomic E-state index is 0.0118. The lowest BCUT2D eigenvalue weighted by atomic mass is 10.0. The molecule has 1 N–H and O–H groups in total. The van der Waals surface area contributed by atoms with Gasteiger partial charge < -0.3 is 15.0 Å². The van der Waals surface area contributed by atoms with Gasteiger partial charge >= 0.3 is 0 Å². The summed E-state index contributed by atoms with van der Waals surface area (Å²) >= 11 is 0. The maximum atomic E-state index is 12.4. The average Bonchev–Trinajstić information content (AvgIpc) is 2.83. The highest BCUT2D eigenvalue weighted by atomic mass is 16.5. The second kappa shape index (κ2) is 4.72. The Morgan fingerprint density at radius 2 is 2.12 bits per heavy atom. The molecule has 2 heterocycles.